The van der Waals surface area contributed by atoms with E-state index >= 15 is 0 Å². The van der Waals surface area contributed by atoms with E-state index in [0.717, 1.165) is 11.3 Å². The van der Waals surface area contributed by atoms with Crippen LogP contribution in [0.1, 0.15) is 29.0 Å². The van der Waals surface area contributed by atoms with Crippen LogP contribution in [0.2, 0.25) is 5.02 Å². The topological polar surface area (TPSA) is 142 Å². The number of benzene rings is 2. The normalized spacial score (nSPS) is 13.8. The first-order chi connectivity index (χ1) is 19.3. The van der Waals surface area contributed by atoms with Crippen molar-refractivity contribution in [2.75, 3.05) is 7.11 Å². The molecule has 12 nitrogen and oxygen atoms in total. The van der Waals surface area contributed by atoms with Crippen molar-refractivity contribution < 1.29 is 23.2 Å². The number of rotatable bonds is 8. The lowest BCUT2D eigenvalue weighted by atomic mass is 10.1. The molecule has 6 rings (SSSR count). The monoisotopic (exact) mass is 564 g/mol. The second-order valence-electron chi connectivity index (χ2n) is 9.38. The summed E-state index contributed by atoms with van der Waals surface area (Å²) in [6.07, 6.45) is 1.02. The molecule has 2 aromatic carbocycles. The number of hydrogen-bond acceptors (Lipinski definition) is 8. The highest BCUT2D eigenvalue weighted by Crippen LogP contribution is 2.39. The van der Waals surface area contributed by atoms with Gasteiger partial charge >= 0.3 is 0 Å². The maximum atomic E-state index is 14.0. The van der Waals surface area contributed by atoms with Crippen LogP contribution in [0.15, 0.2) is 53.1 Å². The molecule has 0 bridgehead atoms. The highest BCUT2D eigenvalue weighted by molar-refractivity contribution is 6.38. The van der Waals surface area contributed by atoms with Gasteiger partial charge in [0.1, 0.15) is 17.1 Å². The van der Waals surface area contributed by atoms with Crippen molar-refractivity contribution >= 4 is 34.3 Å². The number of carbonyl (C=O) groups is 2. The Balaban J connectivity index is 1.20. The molecule has 0 unspecified atom stereocenters. The minimum Gasteiger partial charge on any atom is -0.479 e. The summed E-state index contributed by atoms with van der Waals surface area (Å²) in [6, 6.07) is 13.1. The number of methoxy groups -OCH3 is 1. The van der Waals surface area contributed by atoms with E-state index in [-0.39, 0.29) is 24.1 Å². The summed E-state index contributed by atoms with van der Waals surface area (Å²) in [4.78, 5) is 26.7. The molecule has 40 heavy (non-hydrogen) atoms. The number of tetrazole rings is 1. The number of halogens is 2. The van der Waals surface area contributed by atoms with Gasteiger partial charge in [0.2, 0.25) is 17.5 Å². The number of fused-ring (bicyclic) bond motifs is 1. The van der Waals surface area contributed by atoms with Gasteiger partial charge in [0, 0.05) is 17.6 Å². The van der Waals surface area contributed by atoms with E-state index < -0.39 is 17.3 Å². The van der Waals surface area contributed by atoms with Crippen LogP contribution < -0.4 is 15.4 Å². The predicted molar refractivity (Wildman–Crippen MR) is 140 cm³/mol. The lowest BCUT2D eigenvalue weighted by molar-refractivity contribution is -0.124. The first-order valence-electron chi connectivity index (χ1n) is 12.2. The third kappa shape index (κ3) is 4.53. The maximum Gasteiger partial charge on any atom is 0.290 e. The second-order valence-corrected chi connectivity index (χ2v) is 9.76. The second kappa shape index (κ2) is 9.75. The highest BCUT2D eigenvalue weighted by atomic mass is 35.5. The lowest BCUT2D eigenvalue weighted by Gasteiger charge is -2.16. The third-order valence-electron chi connectivity index (χ3n) is 6.69. The fourth-order valence-electron chi connectivity index (χ4n) is 4.46. The maximum absolute atomic E-state index is 14.0. The van der Waals surface area contributed by atoms with Crippen molar-refractivity contribution in [2.45, 2.75) is 24.9 Å². The van der Waals surface area contributed by atoms with Gasteiger partial charge in [-0.3, -0.25) is 9.59 Å². The minimum atomic E-state index is -0.994. The summed E-state index contributed by atoms with van der Waals surface area (Å²) in [7, 11) is 3.05. The molecule has 204 valence electrons. The molecule has 2 amide bonds. The molecule has 2 N–H and O–H groups in total. The highest BCUT2D eigenvalue weighted by Gasteiger charge is 2.51. The third-order valence-corrected chi connectivity index (χ3v) is 7.08. The van der Waals surface area contributed by atoms with Gasteiger partial charge in [-0.25, -0.2) is 4.39 Å². The van der Waals surface area contributed by atoms with Crippen molar-refractivity contribution in [3.63, 3.8) is 0 Å². The van der Waals surface area contributed by atoms with Crippen LogP contribution in [-0.2, 0) is 18.4 Å². The number of aryl methyl sites for hydroxylation is 1. The molecular weight excluding hydrogens is 543 g/mol. The number of amides is 2. The zero-order valence-electron chi connectivity index (χ0n) is 21.3. The fourth-order valence-corrected chi connectivity index (χ4v) is 4.78. The van der Waals surface area contributed by atoms with E-state index in [9.17, 15) is 14.0 Å². The van der Waals surface area contributed by atoms with E-state index in [4.69, 9.17) is 20.9 Å². The molecule has 3 heterocycles. The van der Waals surface area contributed by atoms with Crippen LogP contribution in [0.4, 0.5) is 4.39 Å². The molecule has 0 aliphatic heterocycles. The molecule has 5 aromatic rings. The fraction of sp³-hybridized carbons (Fsp3) is 0.231. The van der Waals surface area contributed by atoms with E-state index in [1.54, 1.807) is 13.1 Å². The predicted octanol–water partition coefficient (Wildman–Crippen LogP) is 3.19. The summed E-state index contributed by atoms with van der Waals surface area (Å²) >= 11 is 6.68. The van der Waals surface area contributed by atoms with Crippen LogP contribution in [0.3, 0.4) is 0 Å². The molecule has 3 aromatic heterocycles. The number of carbonyl (C=O) groups excluding carboxylic acids is 2. The van der Waals surface area contributed by atoms with Crippen molar-refractivity contribution in [3.05, 3.63) is 70.7 Å². The Labute approximate surface area is 231 Å². The van der Waals surface area contributed by atoms with Crippen LogP contribution in [0.5, 0.6) is 5.88 Å². The Morgan fingerprint density at radius 1 is 1.18 bits per heavy atom. The standard InChI is InChI=1S/C26H22ClFN8O4/c1-35-32-23(31-34-35)22-21(27)17-11-15(28)5-8-18(17)36(22)16-6-3-14(4-7-16)13-29-25(38)26(9-10-26)30-24(37)19-12-20(39-2)33-40-19/h3-8,11-12H,9-10,13H2,1-2H3,(H,29,38)(H,30,37). The van der Waals surface area contributed by atoms with E-state index in [1.807, 2.05) is 28.8 Å². The molecule has 0 atom stereocenters. The van der Waals surface area contributed by atoms with Crippen molar-refractivity contribution in [1.82, 2.24) is 40.6 Å². The van der Waals surface area contributed by atoms with E-state index in [1.165, 1.54) is 30.1 Å². The van der Waals surface area contributed by atoms with Gasteiger partial charge in [-0.1, -0.05) is 23.7 Å². The number of aromatic nitrogens is 6. The van der Waals surface area contributed by atoms with Crippen LogP contribution in [0.25, 0.3) is 28.1 Å². The Hall–Kier alpha value is -4.78. The molecule has 0 spiro atoms. The number of hydrogen-bond donors (Lipinski definition) is 2. The molecule has 0 saturated heterocycles. The first-order valence-corrected chi connectivity index (χ1v) is 12.6. The molecule has 14 heteroatoms. The number of nitrogens with one attached hydrogen (secondary N) is 2. The molecule has 1 fully saturated rings. The summed E-state index contributed by atoms with van der Waals surface area (Å²) in [6.45, 7) is 0.240. The van der Waals surface area contributed by atoms with Crippen LogP contribution >= 0.6 is 11.6 Å². The molecule has 1 aliphatic rings. The largest absolute Gasteiger partial charge is 0.479 e. The van der Waals surface area contributed by atoms with Gasteiger partial charge in [0.05, 0.1) is 30.8 Å². The van der Waals surface area contributed by atoms with Gasteiger partial charge in [-0.05, 0) is 59.1 Å². The Morgan fingerprint density at radius 3 is 2.60 bits per heavy atom. The van der Waals surface area contributed by atoms with Gasteiger partial charge in [-0.2, -0.15) is 4.80 Å². The van der Waals surface area contributed by atoms with Crippen LogP contribution in [-0.4, -0.2) is 54.4 Å². The average Bonchev–Trinajstić information content (AvgIpc) is 3.25. The summed E-state index contributed by atoms with van der Waals surface area (Å²) in [5.41, 5.74) is 1.71. The molecule has 0 radical (unpaired) electrons. The van der Waals surface area contributed by atoms with Crippen molar-refractivity contribution in [1.29, 1.82) is 0 Å². The molecular formula is C26H22ClFN8O4. The smallest absolute Gasteiger partial charge is 0.290 e. The van der Waals surface area contributed by atoms with Crippen molar-refractivity contribution in [2.24, 2.45) is 7.05 Å². The molecule has 1 saturated carbocycles. The van der Waals surface area contributed by atoms with Crippen molar-refractivity contribution in [3.8, 4) is 23.1 Å². The number of ether oxygens (including phenoxy) is 1. The SMILES string of the molecule is COc1cc(C(=O)NC2(C(=O)NCc3ccc(-n4c(-c5nnn(C)n5)c(Cl)c5cc(F)ccc54)cc3)CC2)on1. The Kier molecular flexibility index (Phi) is 6.22. The van der Waals surface area contributed by atoms with Crippen LogP contribution in [0, 0.1) is 5.82 Å². The Morgan fingerprint density at radius 2 is 1.95 bits per heavy atom. The lowest BCUT2D eigenvalue weighted by Crippen LogP contribution is -2.48. The zero-order valence-corrected chi connectivity index (χ0v) is 22.1. The minimum absolute atomic E-state index is 0.0389. The van der Waals surface area contributed by atoms with Gasteiger partial charge in [0.25, 0.3) is 11.8 Å². The first kappa shape index (κ1) is 25.5. The Bertz CT molecular complexity index is 1760. The zero-order chi connectivity index (χ0) is 28.0. The molecule has 1 aliphatic carbocycles. The number of nitrogens with zero attached hydrogens (tertiary/aromatic N) is 6. The average molecular weight is 565 g/mol. The summed E-state index contributed by atoms with van der Waals surface area (Å²) in [5.74, 6) is -0.827. The quantitative estimate of drug-likeness (QED) is 0.293. The van der Waals surface area contributed by atoms with E-state index in [0.29, 0.717) is 40.3 Å². The van der Waals surface area contributed by atoms with Gasteiger partial charge in [-0.15, -0.1) is 10.2 Å². The van der Waals surface area contributed by atoms with Gasteiger partial charge < -0.3 is 24.5 Å². The van der Waals surface area contributed by atoms with E-state index in [2.05, 4.69) is 31.2 Å². The van der Waals surface area contributed by atoms with Gasteiger partial charge in [0.15, 0.2) is 0 Å². The summed E-state index contributed by atoms with van der Waals surface area (Å²) in [5, 5.41) is 22.3. The summed E-state index contributed by atoms with van der Waals surface area (Å²) < 4.78 is 25.8.